The molecule has 1 atom stereocenters. The van der Waals surface area contributed by atoms with Crippen molar-refractivity contribution in [3.8, 4) is 6.07 Å². The zero-order valence-corrected chi connectivity index (χ0v) is 21.2. The maximum atomic E-state index is 9.50. The van der Waals surface area contributed by atoms with E-state index in [2.05, 4.69) is 99.2 Å². The monoisotopic (exact) mass is 454 g/mol. The fourth-order valence-corrected chi connectivity index (χ4v) is 5.50. The Hall–Kier alpha value is -3.19. The van der Waals surface area contributed by atoms with E-state index in [0.29, 0.717) is 5.57 Å². The van der Waals surface area contributed by atoms with Crippen LogP contribution in [0.25, 0.3) is 12.3 Å². The second-order valence-corrected chi connectivity index (χ2v) is 11.1. The van der Waals surface area contributed by atoms with Gasteiger partial charge < -0.3 is 15.1 Å². The molecule has 0 amide bonds. The van der Waals surface area contributed by atoms with Gasteiger partial charge in [0.25, 0.3) is 0 Å². The largest absolute Gasteiger partial charge is 0.384 e. The number of benzene rings is 1. The van der Waals surface area contributed by atoms with Crippen LogP contribution in [-0.4, -0.2) is 36.0 Å². The molecule has 34 heavy (non-hydrogen) atoms. The van der Waals surface area contributed by atoms with Crippen molar-refractivity contribution >= 4 is 18.0 Å². The summed E-state index contributed by atoms with van der Waals surface area (Å²) in [5.74, 6) is 0.761. The van der Waals surface area contributed by atoms with Crippen LogP contribution in [0.15, 0.2) is 66.0 Å². The van der Waals surface area contributed by atoms with E-state index in [4.69, 9.17) is 0 Å². The molecule has 1 aromatic rings. The summed E-state index contributed by atoms with van der Waals surface area (Å²) in [6, 6.07) is 8.87. The third-order valence-corrected chi connectivity index (χ3v) is 7.56. The lowest BCUT2D eigenvalue weighted by Crippen LogP contribution is -2.55. The van der Waals surface area contributed by atoms with Gasteiger partial charge in [0.15, 0.2) is 0 Å². The van der Waals surface area contributed by atoms with E-state index in [1.54, 1.807) is 0 Å². The van der Waals surface area contributed by atoms with Gasteiger partial charge in [0.2, 0.25) is 0 Å². The number of hydrogen-bond donors (Lipinski definition) is 1. The summed E-state index contributed by atoms with van der Waals surface area (Å²) in [6.45, 7) is 21.4. The first-order valence-corrected chi connectivity index (χ1v) is 12.4. The van der Waals surface area contributed by atoms with Gasteiger partial charge >= 0.3 is 0 Å². The number of anilines is 1. The quantitative estimate of drug-likeness (QED) is 0.658. The zero-order valence-electron chi connectivity index (χ0n) is 21.2. The number of piperazine rings is 1. The van der Waals surface area contributed by atoms with Gasteiger partial charge in [0, 0.05) is 42.8 Å². The second kappa shape index (κ2) is 9.22. The highest BCUT2D eigenvalue weighted by Crippen LogP contribution is 2.40. The molecule has 4 heteroatoms. The Bertz CT molecular complexity index is 1210. The average Bonchev–Trinajstić information content (AvgIpc) is 3.30. The SMILES string of the molecule is C=C(C#N)C1=CN2C(=CC1=C)/C(=c1\cccc(NCC3CCCC3)c1=C)N(C)CC2C(C)(C)C. The van der Waals surface area contributed by atoms with Crippen molar-refractivity contribution in [1.29, 1.82) is 5.26 Å². The zero-order chi connectivity index (χ0) is 24.6. The van der Waals surface area contributed by atoms with Gasteiger partial charge in [-0.15, -0.1) is 0 Å². The molecular formula is C30H38N4. The first-order valence-electron chi connectivity index (χ1n) is 12.4. The highest BCUT2D eigenvalue weighted by atomic mass is 15.3. The van der Waals surface area contributed by atoms with Crippen molar-refractivity contribution < 1.29 is 0 Å². The Labute approximate surface area is 204 Å². The van der Waals surface area contributed by atoms with Crippen molar-refractivity contribution in [1.82, 2.24) is 9.80 Å². The summed E-state index contributed by atoms with van der Waals surface area (Å²) >= 11 is 0. The molecule has 1 aromatic carbocycles. The molecule has 2 fully saturated rings. The molecule has 1 saturated carbocycles. The van der Waals surface area contributed by atoms with Crippen molar-refractivity contribution in [2.75, 3.05) is 25.5 Å². The summed E-state index contributed by atoms with van der Waals surface area (Å²) in [6.07, 6.45) is 9.53. The standard InChI is InChI=1S/C30H38N4/c1-20-15-27-29(24-13-10-14-26(22(24)3)32-17-23-11-8-9-12-23)33(7)19-28(30(4,5)6)34(27)18-25(20)21(2)16-31/h10,13-15,18,23,28,32H,1-3,8-9,11-12,17,19H2,4-7H3/b29-24-. The molecule has 3 aliphatic rings. The molecule has 178 valence electrons. The van der Waals surface area contributed by atoms with Gasteiger partial charge in [-0.05, 0) is 47.1 Å². The topological polar surface area (TPSA) is 42.3 Å². The number of fused-ring (bicyclic) bond motifs is 1. The third-order valence-electron chi connectivity index (χ3n) is 7.56. The Balaban J connectivity index is 1.82. The molecule has 1 aliphatic carbocycles. The lowest BCUT2D eigenvalue weighted by molar-refractivity contribution is 0.129. The minimum atomic E-state index is 0.0329. The maximum absolute atomic E-state index is 9.50. The average molecular weight is 455 g/mol. The number of rotatable bonds is 4. The summed E-state index contributed by atoms with van der Waals surface area (Å²) in [5.41, 5.74) is 5.47. The molecule has 1 saturated heterocycles. The van der Waals surface area contributed by atoms with Crippen molar-refractivity contribution in [2.24, 2.45) is 11.3 Å². The van der Waals surface area contributed by atoms with Gasteiger partial charge in [0.05, 0.1) is 29.1 Å². The van der Waals surface area contributed by atoms with Gasteiger partial charge in [-0.1, -0.05) is 65.5 Å². The summed E-state index contributed by atoms with van der Waals surface area (Å²) in [4.78, 5) is 4.69. The number of likely N-dealkylation sites (N-methyl/N-ethyl adjacent to an activating group) is 1. The minimum absolute atomic E-state index is 0.0329. The van der Waals surface area contributed by atoms with Gasteiger partial charge in [-0.25, -0.2) is 0 Å². The van der Waals surface area contributed by atoms with E-state index < -0.39 is 0 Å². The second-order valence-electron chi connectivity index (χ2n) is 11.1. The predicted octanol–water partition coefficient (Wildman–Crippen LogP) is 4.89. The number of nitriles is 1. The first-order chi connectivity index (χ1) is 16.1. The minimum Gasteiger partial charge on any atom is -0.384 e. The van der Waals surface area contributed by atoms with E-state index >= 15 is 0 Å². The van der Waals surface area contributed by atoms with Crippen molar-refractivity contribution in [2.45, 2.75) is 52.5 Å². The molecule has 0 bridgehead atoms. The Kier molecular flexibility index (Phi) is 6.49. The predicted molar refractivity (Wildman–Crippen MR) is 143 cm³/mol. The van der Waals surface area contributed by atoms with Crippen molar-refractivity contribution in [3.05, 3.63) is 76.5 Å². The summed E-state index contributed by atoms with van der Waals surface area (Å²) in [5, 5.41) is 15.3. The number of hydrogen-bond acceptors (Lipinski definition) is 4. The van der Waals surface area contributed by atoms with E-state index in [0.717, 1.165) is 57.7 Å². The number of nitrogens with zero attached hydrogens (tertiary/aromatic N) is 3. The highest BCUT2D eigenvalue weighted by Gasteiger charge is 2.39. The molecule has 4 rings (SSSR count). The fraction of sp³-hybridized carbons (Fsp3) is 0.433. The van der Waals surface area contributed by atoms with E-state index in [1.165, 1.54) is 25.7 Å². The highest BCUT2D eigenvalue weighted by molar-refractivity contribution is 5.71. The van der Waals surface area contributed by atoms with Gasteiger partial charge in [0.1, 0.15) is 0 Å². The molecule has 2 aliphatic heterocycles. The van der Waals surface area contributed by atoms with Gasteiger partial charge in [-0.2, -0.15) is 5.26 Å². The Morgan fingerprint density at radius 1 is 1.21 bits per heavy atom. The van der Waals surface area contributed by atoms with Crippen LogP contribution in [0.4, 0.5) is 5.69 Å². The normalized spacial score (nSPS) is 22.7. The van der Waals surface area contributed by atoms with Crippen LogP contribution in [0.2, 0.25) is 0 Å². The molecule has 1 unspecified atom stereocenters. The van der Waals surface area contributed by atoms with Crippen LogP contribution in [-0.2, 0) is 0 Å². The molecule has 0 aromatic heterocycles. The van der Waals surface area contributed by atoms with Crippen LogP contribution >= 0.6 is 0 Å². The fourth-order valence-electron chi connectivity index (χ4n) is 5.50. The lowest BCUT2D eigenvalue weighted by Gasteiger charge is -2.50. The summed E-state index contributed by atoms with van der Waals surface area (Å²) in [7, 11) is 2.17. The van der Waals surface area contributed by atoms with Gasteiger partial charge in [-0.3, -0.25) is 0 Å². The van der Waals surface area contributed by atoms with Crippen LogP contribution in [0, 0.1) is 22.7 Å². The molecule has 4 nitrogen and oxygen atoms in total. The Morgan fingerprint density at radius 2 is 1.91 bits per heavy atom. The van der Waals surface area contributed by atoms with Crippen LogP contribution in [0.3, 0.4) is 0 Å². The third kappa shape index (κ3) is 4.44. The van der Waals surface area contributed by atoms with Crippen LogP contribution in [0.1, 0.15) is 46.5 Å². The molecule has 1 N–H and O–H groups in total. The van der Waals surface area contributed by atoms with E-state index in [1.807, 2.05) is 0 Å². The summed E-state index contributed by atoms with van der Waals surface area (Å²) < 4.78 is 0. The van der Waals surface area contributed by atoms with E-state index in [-0.39, 0.29) is 11.5 Å². The lowest BCUT2D eigenvalue weighted by atomic mass is 9.81. The van der Waals surface area contributed by atoms with Crippen LogP contribution < -0.4 is 15.8 Å². The maximum Gasteiger partial charge on any atom is 0.0992 e. The van der Waals surface area contributed by atoms with E-state index in [9.17, 15) is 5.26 Å². The van der Waals surface area contributed by atoms with Crippen molar-refractivity contribution in [3.63, 3.8) is 0 Å². The first kappa shape index (κ1) is 24.0. The molecule has 2 heterocycles. The smallest absolute Gasteiger partial charge is 0.0992 e. The molecular weight excluding hydrogens is 416 g/mol. The number of allylic oxidation sites excluding steroid dienone is 4. The van der Waals surface area contributed by atoms with Crippen LogP contribution in [0.5, 0.6) is 0 Å². The molecule has 0 radical (unpaired) electrons. The Morgan fingerprint density at radius 3 is 2.56 bits per heavy atom. The molecule has 0 spiro atoms. The number of nitrogens with one attached hydrogen (secondary N) is 1.